The minimum atomic E-state index is -0.939. The minimum absolute atomic E-state index is 0.310. The van der Waals surface area contributed by atoms with Crippen LogP contribution in [0.5, 0.6) is 0 Å². The number of nitrogens with one attached hydrogen (secondary N) is 1. The molecule has 0 fully saturated rings. The van der Waals surface area contributed by atoms with E-state index in [1.807, 2.05) is 5.32 Å². The predicted octanol–water partition coefficient (Wildman–Crippen LogP) is -0.672. The van der Waals surface area contributed by atoms with Crippen molar-refractivity contribution in [1.82, 2.24) is 5.32 Å². The van der Waals surface area contributed by atoms with Crippen LogP contribution in [0.1, 0.15) is 6.92 Å². The lowest BCUT2D eigenvalue weighted by Crippen LogP contribution is -2.34. The monoisotopic (exact) mass is 268 g/mol. The van der Waals surface area contributed by atoms with Gasteiger partial charge in [-0.25, -0.2) is 0 Å². The zero-order chi connectivity index (χ0) is 14.8. The smallest absolute Gasteiger partial charge is 0.262 e. The molecule has 0 aromatic carbocycles. The van der Waals surface area contributed by atoms with E-state index >= 15 is 0 Å². The summed E-state index contributed by atoms with van der Waals surface area (Å²) in [5.41, 5.74) is 12.5. The zero-order valence-electron chi connectivity index (χ0n) is 10.0. The van der Waals surface area contributed by atoms with Gasteiger partial charge in [-0.1, -0.05) is 5.11 Å². The molecule has 0 aliphatic rings. The first kappa shape index (κ1) is 16.1. The fourth-order valence-corrected chi connectivity index (χ4v) is 0.873. The fraction of sp³-hybridized carbons (Fsp3) is 0.333. The van der Waals surface area contributed by atoms with Crippen molar-refractivity contribution in [3.05, 3.63) is 21.8 Å². The number of rotatable bonds is 6. The first-order chi connectivity index (χ1) is 8.88. The molecule has 0 saturated heterocycles. The molecule has 0 saturated carbocycles. The molecular weight excluding hydrogens is 256 g/mol. The minimum Gasteiger partial charge on any atom is -0.512 e. The van der Waals surface area contributed by atoms with Crippen LogP contribution in [-0.2, 0) is 14.4 Å². The Bertz CT molecular complexity index is 485. The second kappa shape index (κ2) is 8.25. The molecule has 0 bridgehead atoms. The Balaban J connectivity index is 4.74. The number of aliphatic hydroxyl groups excluding tert-OH is 1. The molecule has 102 valence electrons. The van der Waals surface area contributed by atoms with Crippen molar-refractivity contribution < 1.29 is 19.5 Å². The lowest BCUT2D eigenvalue weighted by Gasteiger charge is -2.03. The molecule has 0 spiro atoms. The van der Waals surface area contributed by atoms with Crippen molar-refractivity contribution >= 4 is 23.9 Å². The van der Waals surface area contributed by atoms with Gasteiger partial charge >= 0.3 is 0 Å². The summed E-state index contributed by atoms with van der Waals surface area (Å²) in [6.07, 6.45) is 0.913. The highest BCUT2D eigenvalue weighted by molar-refractivity contribution is 6.17. The number of azide groups is 1. The Morgan fingerprint density at radius 3 is 2.53 bits per heavy atom. The standard InChI is InChI=1S/C9H12N6O4/c1-5(16)6(2-12-3-7(10)17)9(19)14-8(18)4-13-15-11/h2,16H,3-4H2,1H3,(H2,10,17)(H,14,18,19)/b6-5-,12-2?. The summed E-state index contributed by atoms with van der Waals surface area (Å²) in [7, 11) is 0. The van der Waals surface area contributed by atoms with E-state index in [-0.39, 0.29) is 12.1 Å². The maximum atomic E-state index is 11.5. The number of carbonyl (C=O) groups excluding carboxylic acids is 3. The summed E-state index contributed by atoms with van der Waals surface area (Å²) >= 11 is 0. The van der Waals surface area contributed by atoms with Crippen LogP contribution in [0.15, 0.2) is 21.4 Å². The summed E-state index contributed by atoms with van der Waals surface area (Å²) < 4.78 is 0. The molecule has 0 rings (SSSR count). The van der Waals surface area contributed by atoms with E-state index in [1.54, 1.807) is 0 Å². The molecular formula is C9H12N6O4. The van der Waals surface area contributed by atoms with Gasteiger partial charge in [-0.05, 0) is 12.5 Å². The Hall–Kier alpha value is -2.87. The molecule has 0 unspecified atom stereocenters. The SMILES string of the molecule is C/C(O)=C(\C=NCC(N)=O)C(=O)NC(=O)CN=[N+]=[N-]. The second-order valence-electron chi connectivity index (χ2n) is 3.20. The number of amides is 3. The van der Waals surface area contributed by atoms with Gasteiger partial charge < -0.3 is 10.8 Å². The molecule has 0 radical (unpaired) electrons. The highest BCUT2D eigenvalue weighted by Crippen LogP contribution is 1.98. The molecule has 0 aromatic heterocycles. The van der Waals surface area contributed by atoms with Crippen molar-refractivity contribution in [2.24, 2.45) is 15.8 Å². The van der Waals surface area contributed by atoms with Crippen molar-refractivity contribution in [1.29, 1.82) is 0 Å². The summed E-state index contributed by atoms with van der Waals surface area (Å²) in [6.45, 7) is 0.276. The van der Waals surface area contributed by atoms with Gasteiger partial charge in [0.25, 0.3) is 5.91 Å². The zero-order valence-corrected chi connectivity index (χ0v) is 10.0. The van der Waals surface area contributed by atoms with E-state index in [0.717, 1.165) is 6.21 Å². The number of nitrogens with zero attached hydrogens (tertiary/aromatic N) is 4. The van der Waals surface area contributed by atoms with E-state index in [1.165, 1.54) is 6.92 Å². The third-order valence-electron chi connectivity index (χ3n) is 1.63. The number of aliphatic imine (C=N–C) groups is 1. The van der Waals surface area contributed by atoms with Crippen LogP contribution in [0.25, 0.3) is 10.4 Å². The van der Waals surface area contributed by atoms with Gasteiger partial charge in [0.1, 0.15) is 18.8 Å². The van der Waals surface area contributed by atoms with Gasteiger partial charge in [0, 0.05) is 11.1 Å². The Kier molecular flexibility index (Phi) is 7.01. The van der Waals surface area contributed by atoms with Crippen LogP contribution in [0.2, 0.25) is 0 Å². The maximum absolute atomic E-state index is 11.5. The van der Waals surface area contributed by atoms with Crippen molar-refractivity contribution in [2.75, 3.05) is 13.1 Å². The number of aliphatic hydroxyl groups is 1. The van der Waals surface area contributed by atoms with E-state index in [9.17, 15) is 19.5 Å². The number of hydrogen-bond acceptors (Lipinski definition) is 6. The summed E-state index contributed by atoms with van der Waals surface area (Å²) in [6, 6.07) is 0. The number of nitrogens with two attached hydrogens (primary N) is 1. The third-order valence-corrected chi connectivity index (χ3v) is 1.63. The predicted molar refractivity (Wildman–Crippen MR) is 65.0 cm³/mol. The van der Waals surface area contributed by atoms with Crippen LogP contribution >= 0.6 is 0 Å². The van der Waals surface area contributed by atoms with E-state index in [4.69, 9.17) is 11.3 Å². The lowest BCUT2D eigenvalue weighted by atomic mass is 10.2. The number of primary amides is 1. The van der Waals surface area contributed by atoms with Gasteiger partial charge in [-0.15, -0.1) is 0 Å². The molecule has 0 atom stereocenters. The Morgan fingerprint density at radius 2 is 2.05 bits per heavy atom. The van der Waals surface area contributed by atoms with Crippen molar-refractivity contribution in [3.8, 4) is 0 Å². The first-order valence-electron chi connectivity index (χ1n) is 4.91. The quantitative estimate of drug-likeness (QED) is 0.145. The van der Waals surface area contributed by atoms with E-state index < -0.39 is 30.0 Å². The maximum Gasteiger partial charge on any atom is 0.262 e. The molecule has 0 aromatic rings. The average molecular weight is 268 g/mol. The number of hydrogen-bond donors (Lipinski definition) is 3. The van der Waals surface area contributed by atoms with Gasteiger partial charge in [-0.2, -0.15) is 0 Å². The molecule has 10 heteroatoms. The van der Waals surface area contributed by atoms with E-state index in [2.05, 4.69) is 15.0 Å². The largest absolute Gasteiger partial charge is 0.512 e. The van der Waals surface area contributed by atoms with Crippen LogP contribution in [0, 0.1) is 0 Å². The Morgan fingerprint density at radius 1 is 1.42 bits per heavy atom. The van der Waals surface area contributed by atoms with Gasteiger partial charge in [0.15, 0.2) is 0 Å². The third kappa shape index (κ3) is 7.13. The van der Waals surface area contributed by atoms with Crippen molar-refractivity contribution in [3.63, 3.8) is 0 Å². The second-order valence-corrected chi connectivity index (χ2v) is 3.20. The van der Waals surface area contributed by atoms with Crippen LogP contribution in [0.3, 0.4) is 0 Å². The van der Waals surface area contributed by atoms with Crippen LogP contribution < -0.4 is 11.1 Å². The molecule has 3 amide bonds. The lowest BCUT2D eigenvalue weighted by molar-refractivity contribution is -0.127. The fourth-order valence-electron chi connectivity index (χ4n) is 0.873. The topological polar surface area (TPSA) is 171 Å². The van der Waals surface area contributed by atoms with Crippen LogP contribution in [0.4, 0.5) is 0 Å². The highest BCUT2D eigenvalue weighted by atomic mass is 16.3. The molecule has 0 heterocycles. The Labute approximate surface area is 107 Å². The van der Waals surface area contributed by atoms with Crippen molar-refractivity contribution in [2.45, 2.75) is 6.92 Å². The van der Waals surface area contributed by atoms with Gasteiger partial charge in [0.2, 0.25) is 11.8 Å². The molecule has 19 heavy (non-hydrogen) atoms. The number of allylic oxidation sites excluding steroid dienone is 1. The molecule has 4 N–H and O–H groups in total. The summed E-state index contributed by atoms with van der Waals surface area (Å²) in [5.74, 6) is -2.90. The van der Waals surface area contributed by atoms with E-state index in [0.29, 0.717) is 0 Å². The number of carbonyl (C=O) groups is 3. The van der Waals surface area contributed by atoms with Gasteiger partial charge in [-0.3, -0.25) is 24.7 Å². The number of imide groups is 1. The molecule has 0 aliphatic heterocycles. The summed E-state index contributed by atoms with van der Waals surface area (Å²) in [5, 5.41) is 14.1. The van der Waals surface area contributed by atoms with Gasteiger partial charge in [0.05, 0.1) is 5.57 Å². The molecule has 10 nitrogen and oxygen atoms in total. The summed E-state index contributed by atoms with van der Waals surface area (Å²) in [4.78, 5) is 38.9. The molecule has 0 aliphatic carbocycles. The average Bonchev–Trinajstić information content (AvgIpc) is 2.30. The van der Waals surface area contributed by atoms with Crippen LogP contribution in [-0.4, -0.2) is 42.1 Å². The highest BCUT2D eigenvalue weighted by Gasteiger charge is 2.13. The normalized spacial score (nSPS) is 11.4. The first-order valence-corrected chi connectivity index (χ1v) is 4.91.